The molecule has 5 heteroatoms. The first-order valence-electron chi connectivity index (χ1n) is 6.55. The van der Waals surface area contributed by atoms with E-state index < -0.39 is 0 Å². The molecule has 1 aromatic carbocycles. The van der Waals surface area contributed by atoms with E-state index >= 15 is 0 Å². The lowest BCUT2D eigenvalue weighted by Gasteiger charge is -2.37. The third-order valence-corrected chi connectivity index (χ3v) is 4.06. The Morgan fingerprint density at radius 2 is 2.11 bits per heavy atom. The van der Waals surface area contributed by atoms with E-state index in [0.717, 1.165) is 31.4 Å². The molecule has 1 aromatic rings. The second-order valence-corrected chi connectivity index (χ2v) is 5.54. The number of aliphatic hydroxyl groups is 1. The maximum Gasteiger partial charge on any atom is 0.124 e. The van der Waals surface area contributed by atoms with E-state index in [2.05, 4.69) is 0 Å². The van der Waals surface area contributed by atoms with Crippen molar-refractivity contribution in [2.45, 2.75) is 37.8 Å². The number of halogens is 1. The van der Waals surface area contributed by atoms with E-state index in [1.165, 1.54) is 0 Å². The average molecular weight is 282 g/mol. The zero-order valence-corrected chi connectivity index (χ0v) is 11.8. The van der Waals surface area contributed by atoms with Crippen LogP contribution in [0.5, 0.6) is 0 Å². The number of hydrogen-bond acceptors (Lipinski definition) is 3. The number of nitrogen functional groups attached to an aromatic ring is 1. The second-order valence-electron chi connectivity index (χ2n) is 5.11. The molecule has 2 atom stereocenters. The van der Waals surface area contributed by atoms with Gasteiger partial charge in [0.25, 0.3) is 0 Å². The van der Waals surface area contributed by atoms with Crippen LogP contribution in [0.25, 0.3) is 0 Å². The maximum absolute atomic E-state index is 10.1. The molecule has 1 saturated carbocycles. The number of rotatable bonds is 3. The standard InChI is InChI=1S/C14H20ClN3O/c1-18(11-4-2-3-5-13(11)19)12-8-9(15)6-7-10(12)14(16)17/h6-8,11,13,19H,2-5H2,1H3,(H3,16,17). The Bertz CT molecular complexity index is 478. The fourth-order valence-electron chi connectivity index (χ4n) is 2.75. The van der Waals surface area contributed by atoms with Crippen molar-refractivity contribution >= 4 is 23.1 Å². The van der Waals surface area contributed by atoms with Gasteiger partial charge in [0, 0.05) is 23.3 Å². The summed E-state index contributed by atoms with van der Waals surface area (Å²) in [5.41, 5.74) is 7.09. The Morgan fingerprint density at radius 3 is 2.74 bits per heavy atom. The molecule has 1 fully saturated rings. The van der Waals surface area contributed by atoms with E-state index in [9.17, 15) is 5.11 Å². The number of nitrogens with zero attached hydrogens (tertiary/aromatic N) is 1. The number of likely N-dealkylation sites (N-methyl/N-ethyl adjacent to an activating group) is 1. The molecule has 0 radical (unpaired) electrons. The quantitative estimate of drug-likeness (QED) is 0.588. The fourth-order valence-corrected chi connectivity index (χ4v) is 2.91. The molecule has 0 amide bonds. The summed E-state index contributed by atoms with van der Waals surface area (Å²) in [7, 11) is 1.93. The summed E-state index contributed by atoms with van der Waals surface area (Å²) >= 11 is 6.04. The summed E-state index contributed by atoms with van der Waals surface area (Å²) < 4.78 is 0. The van der Waals surface area contributed by atoms with Crippen LogP contribution in [0, 0.1) is 5.41 Å². The Hall–Kier alpha value is -1.26. The van der Waals surface area contributed by atoms with Crippen molar-refractivity contribution in [1.29, 1.82) is 5.41 Å². The van der Waals surface area contributed by atoms with Crippen molar-refractivity contribution in [3.63, 3.8) is 0 Å². The lowest BCUT2D eigenvalue weighted by molar-refractivity contribution is 0.106. The summed E-state index contributed by atoms with van der Waals surface area (Å²) in [5, 5.41) is 18.4. The summed E-state index contributed by atoms with van der Waals surface area (Å²) in [6.07, 6.45) is 3.62. The molecule has 4 N–H and O–H groups in total. The molecule has 0 heterocycles. The zero-order chi connectivity index (χ0) is 14.0. The Balaban J connectivity index is 2.34. The molecule has 0 spiro atoms. The third kappa shape index (κ3) is 3.01. The van der Waals surface area contributed by atoms with Crippen LogP contribution >= 0.6 is 11.6 Å². The fraction of sp³-hybridized carbons (Fsp3) is 0.500. The number of nitrogens with one attached hydrogen (secondary N) is 1. The number of amidine groups is 1. The van der Waals surface area contributed by atoms with Crippen molar-refractivity contribution in [3.8, 4) is 0 Å². The molecule has 2 rings (SSSR count). The third-order valence-electron chi connectivity index (χ3n) is 3.82. The van der Waals surface area contributed by atoms with Gasteiger partial charge in [-0.15, -0.1) is 0 Å². The van der Waals surface area contributed by atoms with Gasteiger partial charge in [0.05, 0.1) is 12.1 Å². The van der Waals surface area contributed by atoms with E-state index in [-0.39, 0.29) is 18.0 Å². The molecular formula is C14H20ClN3O. The SMILES string of the molecule is CN(c1cc(Cl)ccc1C(=N)N)C1CCCCC1O. The molecule has 4 nitrogen and oxygen atoms in total. The topological polar surface area (TPSA) is 73.3 Å². The van der Waals surface area contributed by atoms with Crippen LogP contribution in [0.4, 0.5) is 5.69 Å². The van der Waals surface area contributed by atoms with Crippen LogP contribution in [-0.4, -0.2) is 30.1 Å². The minimum Gasteiger partial charge on any atom is -0.391 e. The molecule has 0 aliphatic heterocycles. The first kappa shape index (κ1) is 14.2. The van der Waals surface area contributed by atoms with Crippen LogP contribution < -0.4 is 10.6 Å². The van der Waals surface area contributed by atoms with Crippen molar-refractivity contribution in [2.24, 2.45) is 5.73 Å². The van der Waals surface area contributed by atoms with Crippen molar-refractivity contribution < 1.29 is 5.11 Å². The van der Waals surface area contributed by atoms with Crippen molar-refractivity contribution in [3.05, 3.63) is 28.8 Å². The zero-order valence-electron chi connectivity index (χ0n) is 11.1. The highest BCUT2D eigenvalue weighted by Gasteiger charge is 2.28. The van der Waals surface area contributed by atoms with Gasteiger partial charge >= 0.3 is 0 Å². The van der Waals surface area contributed by atoms with Gasteiger partial charge in [-0.1, -0.05) is 24.4 Å². The number of anilines is 1. The van der Waals surface area contributed by atoms with Gasteiger partial charge in [-0.3, -0.25) is 5.41 Å². The number of nitrogens with two attached hydrogens (primary N) is 1. The molecule has 104 valence electrons. The van der Waals surface area contributed by atoms with Gasteiger partial charge in [-0.05, 0) is 31.0 Å². The molecule has 1 aliphatic rings. The summed E-state index contributed by atoms with van der Waals surface area (Å²) in [6.45, 7) is 0. The highest BCUT2D eigenvalue weighted by molar-refractivity contribution is 6.31. The van der Waals surface area contributed by atoms with Gasteiger partial charge in [0.1, 0.15) is 5.84 Å². The van der Waals surface area contributed by atoms with E-state index in [1.807, 2.05) is 11.9 Å². The monoisotopic (exact) mass is 281 g/mol. The Kier molecular flexibility index (Phi) is 4.32. The largest absolute Gasteiger partial charge is 0.391 e. The first-order chi connectivity index (χ1) is 9.00. The van der Waals surface area contributed by atoms with Gasteiger partial charge < -0.3 is 15.7 Å². The molecule has 0 aromatic heterocycles. The highest BCUT2D eigenvalue weighted by Crippen LogP contribution is 2.30. The van der Waals surface area contributed by atoms with Crippen LogP contribution in [0.15, 0.2) is 18.2 Å². The van der Waals surface area contributed by atoms with Gasteiger partial charge in [-0.2, -0.15) is 0 Å². The van der Waals surface area contributed by atoms with Crippen molar-refractivity contribution in [1.82, 2.24) is 0 Å². The Morgan fingerprint density at radius 1 is 1.42 bits per heavy atom. The predicted octanol–water partition coefficient (Wildman–Crippen LogP) is 2.36. The average Bonchev–Trinajstić information content (AvgIpc) is 2.38. The normalized spacial score (nSPS) is 23.1. The van der Waals surface area contributed by atoms with Crippen LogP contribution in [0.3, 0.4) is 0 Å². The second kappa shape index (κ2) is 5.80. The lowest BCUT2D eigenvalue weighted by Crippen LogP contribution is -2.44. The van der Waals surface area contributed by atoms with Crippen molar-refractivity contribution in [2.75, 3.05) is 11.9 Å². The Labute approximate surface area is 118 Å². The van der Waals surface area contributed by atoms with Crippen LogP contribution in [-0.2, 0) is 0 Å². The summed E-state index contributed by atoms with van der Waals surface area (Å²) in [5.74, 6) is 0.0174. The molecule has 0 bridgehead atoms. The van der Waals surface area contributed by atoms with Gasteiger partial charge in [-0.25, -0.2) is 0 Å². The predicted molar refractivity (Wildman–Crippen MR) is 79.1 cm³/mol. The van der Waals surface area contributed by atoms with Gasteiger partial charge in [0.15, 0.2) is 0 Å². The summed E-state index contributed by atoms with van der Waals surface area (Å²) in [4.78, 5) is 2.01. The molecule has 1 aliphatic carbocycles. The molecule has 2 unspecified atom stereocenters. The lowest BCUT2D eigenvalue weighted by atomic mass is 9.91. The molecule has 19 heavy (non-hydrogen) atoms. The molecule has 0 saturated heterocycles. The summed E-state index contributed by atoms with van der Waals surface area (Å²) in [6, 6.07) is 5.35. The first-order valence-corrected chi connectivity index (χ1v) is 6.93. The van der Waals surface area contributed by atoms with E-state index in [0.29, 0.717) is 10.6 Å². The number of aliphatic hydroxyl groups excluding tert-OH is 1. The molecular weight excluding hydrogens is 262 g/mol. The highest BCUT2D eigenvalue weighted by atomic mass is 35.5. The van der Waals surface area contributed by atoms with Gasteiger partial charge in [0.2, 0.25) is 0 Å². The maximum atomic E-state index is 10.1. The smallest absolute Gasteiger partial charge is 0.124 e. The minimum absolute atomic E-state index is 0.0174. The van der Waals surface area contributed by atoms with Crippen LogP contribution in [0.2, 0.25) is 5.02 Å². The van der Waals surface area contributed by atoms with E-state index in [1.54, 1.807) is 18.2 Å². The number of hydrogen-bond donors (Lipinski definition) is 3. The van der Waals surface area contributed by atoms with Crippen LogP contribution in [0.1, 0.15) is 31.2 Å². The number of benzene rings is 1. The minimum atomic E-state index is -0.336. The van der Waals surface area contributed by atoms with E-state index in [4.69, 9.17) is 22.7 Å².